The number of ether oxygens (including phenoxy) is 4. The van der Waals surface area contributed by atoms with Crippen molar-refractivity contribution in [1.29, 1.82) is 0 Å². The largest absolute Gasteiger partial charge is 0.493 e. The normalized spacial score (nSPS) is 24.4. The first kappa shape index (κ1) is 30.1. The molecule has 0 unspecified atom stereocenters. The van der Waals surface area contributed by atoms with E-state index in [-0.39, 0.29) is 34.0 Å². The molecular formula is C29H42Br2N2O4. The summed E-state index contributed by atoms with van der Waals surface area (Å²) >= 11 is 0. The van der Waals surface area contributed by atoms with Crippen molar-refractivity contribution in [3.05, 3.63) is 46.5 Å². The van der Waals surface area contributed by atoms with Crippen LogP contribution < -0.4 is 24.3 Å². The molecule has 2 aromatic carbocycles. The third kappa shape index (κ3) is 5.77. The number of fused-ring (bicyclic) bond motifs is 4. The van der Waals surface area contributed by atoms with E-state index in [9.17, 15) is 0 Å². The van der Waals surface area contributed by atoms with Crippen molar-refractivity contribution in [2.75, 3.05) is 48.1 Å². The van der Waals surface area contributed by atoms with Crippen molar-refractivity contribution in [3.63, 3.8) is 0 Å². The maximum Gasteiger partial charge on any atom is 0.161 e. The molecule has 0 bridgehead atoms. The average Bonchev–Trinajstić information content (AvgIpc) is 2.91. The van der Waals surface area contributed by atoms with Gasteiger partial charge in [0.15, 0.2) is 23.0 Å². The van der Waals surface area contributed by atoms with Crippen molar-refractivity contribution >= 4 is 34.0 Å². The van der Waals surface area contributed by atoms with Gasteiger partial charge in [-0.15, -0.1) is 34.0 Å². The highest BCUT2D eigenvalue weighted by molar-refractivity contribution is 8.93. The second-order valence-corrected chi connectivity index (χ2v) is 10.2. The molecule has 3 aliphatic heterocycles. The summed E-state index contributed by atoms with van der Waals surface area (Å²) in [4.78, 5) is 2.72. The molecule has 0 radical (unpaired) electrons. The van der Waals surface area contributed by atoms with Crippen LogP contribution in [0.4, 0.5) is 0 Å². The molecule has 1 fully saturated rings. The van der Waals surface area contributed by atoms with E-state index in [0.29, 0.717) is 23.9 Å². The Labute approximate surface area is 242 Å². The van der Waals surface area contributed by atoms with Gasteiger partial charge in [0.2, 0.25) is 0 Å². The molecule has 37 heavy (non-hydrogen) atoms. The molecule has 3 aliphatic rings. The van der Waals surface area contributed by atoms with Gasteiger partial charge < -0.3 is 24.3 Å². The Morgan fingerprint density at radius 3 is 1.95 bits per heavy atom. The van der Waals surface area contributed by atoms with Gasteiger partial charge in [-0.2, -0.15) is 0 Å². The fourth-order valence-electron chi connectivity index (χ4n) is 6.74. The maximum atomic E-state index is 5.68. The number of methoxy groups -OCH3 is 4. The standard InChI is InChI=1S/C29H40N2O4.2BrH/c1-6-18-17-31-10-8-20-14-27(33-3)29(35-5)16-23(20)25(31)12-21(18)11-24-22-15-28(34-4)26(32-2)13-19(22)7-9-30-24;;/h13-16,18,21,24-25,30H,6-12,17H2,1-5H3;2*1H/t18-,21-,24+,25-;;/m0../s1. The van der Waals surface area contributed by atoms with Crippen LogP contribution in [0.3, 0.4) is 0 Å². The van der Waals surface area contributed by atoms with E-state index in [2.05, 4.69) is 41.4 Å². The minimum atomic E-state index is 0. The number of nitrogens with zero attached hydrogens (tertiary/aromatic N) is 1. The van der Waals surface area contributed by atoms with Gasteiger partial charge in [-0.3, -0.25) is 4.90 Å². The summed E-state index contributed by atoms with van der Waals surface area (Å²) in [6.07, 6.45) is 5.65. The topological polar surface area (TPSA) is 52.2 Å². The number of halogens is 2. The molecule has 5 rings (SSSR count). The quantitative estimate of drug-likeness (QED) is 0.394. The van der Waals surface area contributed by atoms with E-state index < -0.39 is 0 Å². The van der Waals surface area contributed by atoms with Gasteiger partial charge in [-0.25, -0.2) is 0 Å². The molecule has 0 saturated carbocycles. The van der Waals surface area contributed by atoms with Crippen LogP contribution in [-0.2, 0) is 12.8 Å². The highest BCUT2D eigenvalue weighted by atomic mass is 79.9. The lowest BCUT2D eigenvalue weighted by Gasteiger charge is -2.48. The Hall–Kier alpha value is -1.48. The molecule has 206 valence electrons. The van der Waals surface area contributed by atoms with E-state index in [1.165, 1.54) is 41.6 Å². The second-order valence-electron chi connectivity index (χ2n) is 10.2. The Morgan fingerprint density at radius 2 is 1.35 bits per heavy atom. The summed E-state index contributed by atoms with van der Waals surface area (Å²) in [5, 5.41) is 3.83. The van der Waals surface area contributed by atoms with Crippen LogP contribution in [0.1, 0.15) is 60.5 Å². The Morgan fingerprint density at radius 1 is 0.784 bits per heavy atom. The molecular weight excluding hydrogens is 600 g/mol. The third-order valence-electron chi connectivity index (χ3n) is 8.64. The van der Waals surface area contributed by atoms with E-state index >= 15 is 0 Å². The van der Waals surface area contributed by atoms with E-state index in [1.807, 2.05) is 0 Å². The van der Waals surface area contributed by atoms with E-state index in [1.54, 1.807) is 28.4 Å². The van der Waals surface area contributed by atoms with Crippen molar-refractivity contribution in [2.45, 2.75) is 51.1 Å². The van der Waals surface area contributed by atoms with Crippen LogP contribution in [0.2, 0.25) is 0 Å². The summed E-state index contributed by atoms with van der Waals surface area (Å²) in [5.41, 5.74) is 5.60. The van der Waals surface area contributed by atoms with Crippen molar-refractivity contribution in [3.8, 4) is 23.0 Å². The molecule has 1 saturated heterocycles. The van der Waals surface area contributed by atoms with Crippen LogP contribution in [0.15, 0.2) is 24.3 Å². The van der Waals surface area contributed by atoms with E-state index in [4.69, 9.17) is 18.9 Å². The van der Waals surface area contributed by atoms with Crippen LogP contribution in [0.5, 0.6) is 23.0 Å². The number of rotatable bonds is 7. The number of hydrogen-bond donors (Lipinski definition) is 1. The van der Waals surface area contributed by atoms with E-state index in [0.717, 1.165) is 55.4 Å². The average molecular weight is 642 g/mol. The lowest BCUT2D eigenvalue weighted by atomic mass is 9.72. The smallest absolute Gasteiger partial charge is 0.161 e. The van der Waals surface area contributed by atoms with Crippen LogP contribution in [0.25, 0.3) is 0 Å². The molecule has 0 spiro atoms. The number of nitrogens with one attached hydrogen (secondary N) is 1. The zero-order valence-electron chi connectivity index (χ0n) is 22.7. The third-order valence-corrected chi connectivity index (χ3v) is 8.64. The first-order valence-electron chi connectivity index (χ1n) is 13.1. The molecule has 6 nitrogen and oxygen atoms in total. The summed E-state index contributed by atoms with van der Waals surface area (Å²) in [6, 6.07) is 9.61. The summed E-state index contributed by atoms with van der Waals surface area (Å²) in [5.74, 6) is 4.69. The minimum absolute atomic E-state index is 0. The van der Waals surface area contributed by atoms with Crippen molar-refractivity contribution in [1.82, 2.24) is 10.2 Å². The first-order valence-corrected chi connectivity index (χ1v) is 13.1. The summed E-state index contributed by atoms with van der Waals surface area (Å²) < 4.78 is 22.5. The van der Waals surface area contributed by atoms with Gasteiger partial charge in [0.25, 0.3) is 0 Å². The molecule has 8 heteroatoms. The second kappa shape index (κ2) is 13.0. The highest BCUT2D eigenvalue weighted by Crippen LogP contribution is 2.48. The van der Waals surface area contributed by atoms with Gasteiger partial charge in [0.05, 0.1) is 28.4 Å². The fraction of sp³-hybridized carbons (Fsp3) is 0.586. The fourth-order valence-corrected chi connectivity index (χ4v) is 6.74. The van der Waals surface area contributed by atoms with Gasteiger partial charge in [0.1, 0.15) is 0 Å². The number of piperidine rings is 1. The Kier molecular flexibility index (Phi) is 10.6. The molecule has 0 amide bonds. The minimum Gasteiger partial charge on any atom is -0.493 e. The van der Waals surface area contributed by atoms with Crippen LogP contribution >= 0.6 is 34.0 Å². The molecule has 2 aromatic rings. The molecule has 3 heterocycles. The van der Waals surface area contributed by atoms with Gasteiger partial charge in [-0.05, 0) is 90.6 Å². The zero-order chi connectivity index (χ0) is 24.5. The maximum absolute atomic E-state index is 5.68. The van der Waals surface area contributed by atoms with Gasteiger partial charge >= 0.3 is 0 Å². The SMILES string of the molecule is Br.Br.CC[C@H]1CN2CCc3cc(OC)c(OC)cc3[C@@H]2C[C@@H]1C[C@H]1NCCc2cc(OC)c(OC)cc21. The highest BCUT2D eigenvalue weighted by Gasteiger charge is 2.40. The predicted molar refractivity (Wildman–Crippen MR) is 159 cm³/mol. The van der Waals surface area contributed by atoms with Crippen molar-refractivity contribution in [2.24, 2.45) is 11.8 Å². The molecule has 4 atom stereocenters. The predicted octanol–water partition coefficient (Wildman–Crippen LogP) is 6.10. The van der Waals surface area contributed by atoms with Gasteiger partial charge in [0, 0.05) is 25.2 Å². The Bertz CT molecular complexity index is 1060. The molecule has 1 N–H and O–H groups in total. The van der Waals surface area contributed by atoms with Crippen LogP contribution in [-0.4, -0.2) is 53.0 Å². The number of benzene rings is 2. The van der Waals surface area contributed by atoms with Crippen molar-refractivity contribution < 1.29 is 18.9 Å². The lowest BCUT2D eigenvalue weighted by Crippen LogP contribution is -2.46. The summed E-state index contributed by atoms with van der Waals surface area (Å²) in [7, 11) is 6.90. The summed E-state index contributed by atoms with van der Waals surface area (Å²) in [6.45, 7) is 5.66. The first-order chi connectivity index (χ1) is 17.1. The Balaban J connectivity index is 0.00000190. The monoisotopic (exact) mass is 640 g/mol. The lowest BCUT2D eigenvalue weighted by molar-refractivity contribution is 0.0434. The molecule has 0 aliphatic carbocycles. The van der Waals surface area contributed by atoms with Gasteiger partial charge in [-0.1, -0.05) is 13.3 Å². The molecule has 0 aromatic heterocycles. The zero-order valence-corrected chi connectivity index (χ0v) is 26.1. The van der Waals surface area contributed by atoms with Crippen LogP contribution in [0, 0.1) is 11.8 Å². The number of hydrogen-bond acceptors (Lipinski definition) is 6.